The Bertz CT molecular complexity index is 411. The third-order valence-electron chi connectivity index (χ3n) is 3.47. The van der Waals surface area contributed by atoms with Crippen LogP contribution < -0.4 is 5.32 Å². The van der Waals surface area contributed by atoms with Gasteiger partial charge >= 0.3 is 5.97 Å². The Morgan fingerprint density at radius 3 is 2.94 bits per heavy atom. The van der Waals surface area contributed by atoms with Crippen LogP contribution in [-0.2, 0) is 4.74 Å². The van der Waals surface area contributed by atoms with Gasteiger partial charge in [0.05, 0.1) is 6.61 Å². The molecule has 0 spiro atoms. The molecule has 2 rings (SSSR count). The fourth-order valence-corrected chi connectivity index (χ4v) is 3.03. The molecule has 0 aliphatic heterocycles. The van der Waals surface area contributed by atoms with Crippen LogP contribution in [0.25, 0.3) is 0 Å². The molecule has 0 radical (unpaired) electrons. The zero-order chi connectivity index (χ0) is 13.0. The van der Waals surface area contributed by atoms with Crippen molar-refractivity contribution in [2.75, 3.05) is 18.5 Å². The van der Waals surface area contributed by atoms with Gasteiger partial charge in [-0.1, -0.05) is 19.8 Å². The first-order valence-electron chi connectivity index (χ1n) is 6.49. The SMILES string of the molecule is CCOC(=O)c1csc(NCC2(C)CCCC2)n1. The third kappa shape index (κ3) is 3.22. The Morgan fingerprint density at radius 2 is 2.28 bits per heavy atom. The maximum atomic E-state index is 11.5. The highest BCUT2D eigenvalue weighted by Crippen LogP contribution is 2.37. The zero-order valence-electron chi connectivity index (χ0n) is 11.0. The van der Waals surface area contributed by atoms with Crippen LogP contribution in [0, 0.1) is 5.41 Å². The van der Waals surface area contributed by atoms with E-state index < -0.39 is 0 Å². The van der Waals surface area contributed by atoms with Crippen molar-refractivity contribution in [1.82, 2.24) is 4.98 Å². The van der Waals surface area contributed by atoms with E-state index in [0.29, 0.717) is 17.7 Å². The van der Waals surface area contributed by atoms with Crippen molar-refractivity contribution in [1.29, 1.82) is 0 Å². The van der Waals surface area contributed by atoms with E-state index in [1.165, 1.54) is 37.0 Å². The van der Waals surface area contributed by atoms with E-state index in [2.05, 4.69) is 17.2 Å². The molecule has 0 aromatic carbocycles. The second-order valence-electron chi connectivity index (χ2n) is 5.13. The maximum absolute atomic E-state index is 11.5. The van der Waals surface area contributed by atoms with Gasteiger partial charge in [0.2, 0.25) is 0 Å². The van der Waals surface area contributed by atoms with E-state index in [-0.39, 0.29) is 5.97 Å². The minimum absolute atomic E-state index is 0.339. The van der Waals surface area contributed by atoms with Gasteiger partial charge < -0.3 is 10.1 Å². The lowest BCUT2D eigenvalue weighted by Gasteiger charge is -2.23. The molecule has 0 amide bonds. The highest BCUT2D eigenvalue weighted by Gasteiger charge is 2.28. The minimum atomic E-state index is -0.339. The largest absolute Gasteiger partial charge is 0.461 e. The van der Waals surface area contributed by atoms with Crippen LogP contribution in [0.4, 0.5) is 5.13 Å². The Morgan fingerprint density at radius 1 is 1.56 bits per heavy atom. The molecule has 1 aromatic heterocycles. The fourth-order valence-electron chi connectivity index (χ4n) is 2.35. The molecule has 5 heteroatoms. The smallest absolute Gasteiger partial charge is 0.357 e. The number of aromatic nitrogens is 1. The molecule has 1 aliphatic rings. The van der Waals surface area contributed by atoms with Crippen molar-refractivity contribution in [3.05, 3.63) is 11.1 Å². The lowest BCUT2D eigenvalue weighted by atomic mass is 9.89. The first kappa shape index (κ1) is 13.3. The first-order valence-corrected chi connectivity index (χ1v) is 7.37. The molecule has 0 bridgehead atoms. The fraction of sp³-hybridized carbons (Fsp3) is 0.692. The maximum Gasteiger partial charge on any atom is 0.357 e. The van der Waals surface area contributed by atoms with Gasteiger partial charge in [0.15, 0.2) is 10.8 Å². The molecule has 1 aliphatic carbocycles. The quantitative estimate of drug-likeness (QED) is 0.832. The summed E-state index contributed by atoms with van der Waals surface area (Å²) in [6.45, 7) is 5.43. The molecule has 0 saturated heterocycles. The van der Waals surface area contributed by atoms with E-state index in [1.807, 2.05) is 0 Å². The van der Waals surface area contributed by atoms with Crippen molar-refractivity contribution < 1.29 is 9.53 Å². The number of nitrogens with zero attached hydrogens (tertiary/aromatic N) is 1. The Balaban J connectivity index is 1.88. The molecule has 0 unspecified atom stereocenters. The van der Waals surface area contributed by atoms with Crippen molar-refractivity contribution in [3.8, 4) is 0 Å². The molecule has 1 fully saturated rings. The molecule has 0 atom stereocenters. The summed E-state index contributed by atoms with van der Waals surface area (Å²) in [4.78, 5) is 15.7. The van der Waals surface area contributed by atoms with E-state index in [9.17, 15) is 4.79 Å². The van der Waals surface area contributed by atoms with Crippen LogP contribution in [0.3, 0.4) is 0 Å². The monoisotopic (exact) mass is 268 g/mol. The number of carbonyl (C=O) groups is 1. The Labute approximate surface area is 112 Å². The van der Waals surface area contributed by atoms with Gasteiger partial charge in [-0.2, -0.15) is 0 Å². The second kappa shape index (κ2) is 5.69. The molecule has 1 saturated carbocycles. The molecular weight excluding hydrogens is 248 g/mol. The summed E-state index contributed by atoms with van der Waals surface area (Å²) in [6.07, 6.45) is 5.19. The highest BCUT2D eigenvalue weighted by molar-refractivity contribution is 7.13. The number of anilines is 1. The lowest BCUT2D eigenvalue weighted by molar-refractivity contribution is 0.0520. The van der Waals surface area contributed by atoms with Gasteiger partial charge in [-0.25, -0.2) is 9.78 Å². The predicted octanol–water partition coefficient (Wildman–Crippen LogP) is 3.31. The van der Waals surface area contributed by atoms with E-state index in [4.69, 9.17) is 4.74 Å². The number of thiazole rings is 1. The summed E-state index contributed by atoms with van der Waals surface area (Å²) < 4.78 is 4.92. The number of hydrogen-bond acceptors (Lipinski definition) is 5. The normalized spacial score (nSPS) is 17.7. The average molecular weight is 268 g/mol. The van der Waals surface area contributed by atoms with E-state index in [1.54, 1.807) is 12.3 Å². The molecular formula is C13H20N2O2S. The predicted molar refractivity (Wildman–Crippen MR) is 73.1 cm³/mol. The van der Waals surface area contributed by atoms with Crippen molar-refractivity contribution in [2.24, 2.45) is 5.41 Å². The summed E-state index contributed by atoms with van der Waals surface area (Å²) >= 11 is 1.46. The zero-order valence-corrected chi connectivity index (χ0v) is 11.8. The van der Waals surface area contributed by atoms with Crippen molar-refractivity contribution in [3.63, 3.8) is 0 Å². The van der Waals surface area contributed by atoms with Crippen LogP contribution in [0.2, 0.25) is 0 Å². The number of carbonyl (C=O) groups excluding carboxylic acids is 1. The lowest BCUT2D eigenvalue weighted by Crippen LogP contribution is -2.22. The molecule has 1 heterocycles. The second-order valence-corrected chi connectivity index (χ2v) is 5.99. The van der Waals surface area contributed by atoms with Gasteiger partial charge in [0.25, 0.3) is 0 Å². The van der Waals surface area contributed by atoms with Crippen molar-refractivity contribution in [2.45, 2.75) is 39.5 Å². The molecule has 100 valence electrons. The van der Waals surface area contributed by atoms with Gasteiger partial charge in [0.1, 0.15) is 0 Å². The highest BCUT2D eigenvalue weighted by atomic mass is 32.1. The summed E-state index contributed by atoms with van der Waals surface area (Å²) in [6, 6.07) is 0. The van der Waals surface area contributed by atoms with Gasteiger partial charge in [-0.05, 0) is 25.2 Å². The number of nitrogens with one attached hydrogen (secondary N) is 1. The summed E-state index contributed by atoms with van der Waals surface area (Å²) in [5.74, 6) is -0.339. The molecule has 1 aromatic rings. The standard InChI is InChI=1S/C13H20N2O2S/c1-3-17-11(16)10-8-18-12(15-10)14-9-13(2)6-4-5-7-13/h8H,3-7,9H2,1-2H3,(H,14,15). The van der Waals surface area contributed by atoms with Crippen molar-refractivity contribution >= 4 is 22.4 Å². The van der Waals surface area contributed by atoms with Gasteiger partial charge in [0, 0.05) is 11.9 Å². The summed E-state index contributed by atoms with van der Waals surface area (Å²) in [5, 5.41) is 5.90. The Hall–Kier alpha value is -1.10. The Kier molecular flexibility index (Phi) is 4.22. The molecule has 1 N–H and O–H groups in total. The summed E-state index contributed by atoms with van der Waals surface area (Å²) in [7, 11) is 0. The van der Waals surface area contributed by atoms with Crippen LogP contribution in [0.15, 0.2) is 5.38 Å². The average Bonchev–Trinajstić information content (AvgIpc) is 2.96. The van der Waals surface area contributed by atoms with Gasteiger partial charge in [-0.15, -0.1) is 11.3 Å². The third-order valence-corrected chi connectivity index (χ3v) is 4.27. The van der Waals surface area contributed by atoms with Crippen LogP contribution >= 0.6 is 11.3 Å². The number of ether oxygens (including phenoxy) is 1. The number of esters is 1. The van der Waals surface area contributed by atoms with E-state index in [0.717, 1.165) is 11.7 Å². The number of rotatable bonds is 5. The van der Waals surface area contributed by atoms with Gasteiger partial charge in [-0.3, -0.25) is 0 Å². The topological polar surface area (TPSA) is 51.2 Å². The van der Waals surface area contributed by atoms with Crippen LogP contribution in [0.5, 0.6) is 0 Å². The van der Waals surface area contributed by atoms with E-state index >= 15 is 0 Å². The van der Waals surface area contributed by atoms with Crippen LogP contribution in [0.1, 0.15) is 50.0 Å². The number of hydrogen-bond donors (Lipinski definition) is 1. The molecule has 18 heavy (non-hydrogen) atoms. The first-order chi connectivity index (χ1) is 8.63. The summed E-state index contributed by atoms with van der Waals surface area (Å²) in [5.41, 5.74) is 0.788. The molecule has 4 nitrogen and oxygen atoms in total. The van der Waals surface area contributed by atoms with Crippen LogP contribution in [-0.4, -0.2) is 24.1 Å². The minimum Gasteiger partial charge on any atom is -0.461 e.